The molecular formula is C15H29N3. The van der Waals surface area contributed by atoms with Crippen molar-refractivity contribution in [2.75, 3.05) is 45.8 Å². The molecule has 3 heteroatoms. The van der Waals surface area contributed by atoms with Crippen LogP contribution < -0.4 is 5.32 Å². The molecule has 0 radical (unpaired) electrons. The number of likely N-dealkylation sites (tertiary alicyclic amines) is 1. The molecule has 0 aromatic rings. The molecule has 18 heavy (non-hydrogen) atoms. The lowest BCUT2D eigenvalue weighted by Crippen LogP contribution is -2.43. The van der Waals surface area contributed by atoms with Crippen LogP contribution in [0.4, 0.5) is 0 Å². The van der Waals surface area contributed by atoms with E-state index in [1.165, 1.54) is 39.0 Å². The van der Waals surface area contributed by atoms with Crippen LogP contribution in [0, 0.1) is 5.92 Å². The highest BCUT2D eigenvalue weighted by Crippen LogP contribution is 2.19. The second-order valence-corrected chi connectivity index (χ2v) is 5.95. The Kier molecular flexibility index (Phi) is 5.67. The smallest absolute Gasteiger partial charge is 0.0164 e. The van der Waals surface area contributed by atoms with Crippen LogP contribution in [0.25, 0.3) is 0 Å². The Morgan fingerprint density at radius 3 is 2.39 bits per heavy atom. The lowest BCUT2D eigenvalue weighted by atomic mass is 9.95. The van der Waals surface area contributed by atoms with Gasteiger partial charge in [0.1, 0.15) is 0 Å². The second kappa shape index (κ2) is 7.27. The number of nitrogens with one attached hydrogen (secondary N) is 1. The third kappa shape index (κ3) is 4.38. The molecule has 0 bridgehead atoms. The number of nitrogens with zero attached hydrogens (tertiary/aromatic N) is 2. The minimum absolute atomic E-state index is 0.718. The lowest BCUT2D eigenvalue weighted by molar-refractivity contribution is 0.164. The number of hydrogen-bond acceptors (Lipinski definition) is 3. The van der Waals surface area contributed by atoms with Gasteiger partial charge in [-0.15, -0.1) is 0 Å². The summed E-state index contributed by atoms with van der Waals surface area (Å²) in [7, 11) is 0. The first kappa shape index (κ1) is 14.0. The van der Waals surface area contributed by atoms with Crippen LogP contribution in [0.2, 0.25) is 0 Å². The summed E-state index contributed by atoms with van der Waals surface area (Å²) >= 11 is 0. The van der Waals surface area contributed by atoms with E-state index in [2.05, 4.69) is 41.1 Å². The monoisotopic (exact) mass is 251 g/mol. The van der Waals surface area contributed by atoms with E-state index in [-0.39, 0.29) is 0 Å². The molecule has 0 spiro atoms. The largest absolute Gasteiger partial charge is 0.314 e. The van der Waals surface area contributed by atoms with Gasteiger partial charge >= 0.3 is 0 Å². The molecular weight excluding hydrogens is 222 g/mol. The molecule has 2 heterocycles. The van der Waals surface area contributed by atoms with Crippen molar-refractivity contribution in [1.82, 2.24) is 15.1 Å². The molecule has 0 atom stereocenters. The third-order valence-corrected chi connectivity index (χ3v) is 4.29. The van der Waals surface area contributed by atoms with Gasteiger partial charge in [-0.1, -0.05) is 12.2 Å². The predicted octanol–water partition coefficient (Wildman–Crippen LogP) is 1.57. The van der Waals surface area contributed by atoms with Crippen molar-refractivity contribution >= 4 is 0 Å². The van der Waals surface area contributed by atoms with Gasteiger partial charge in [0.15, 0.2) is 0 Å². The molecule has 3 nitrogen and oxygen atoms in total. The van der Waals surface area contributed by atoms with Crippen molar-refractivity contribution in [1.29, 1.82) is 0 Å². The number of hydrogen-bond donors (Lipinski definition) is 1. The van der Waals surface area contributed by atoms with Gasteiger partial charge in [-0.3, -0.25) is 4.90 Å². The molecule has 2 rings (SSSR count). The molecule has 0 amide bonds. The van der Waals surface area contributed by atoms with Gasteiger partial charge in [0.2, 0.25) is 0 Å². The second-order valence-electron chi connectivity index (χ2n) is 5.95. The number of allylic oxidation sites excluding steroid dienone is 1. The topological polar surface area (TPSA) is 18.5 Å². The molecule has 2 fully saturated rings. The summed E-state index contributed by atoms with van der Waals surface area (Å²) in [6, 6.07) is 0.718. The maximum absolute atomic E-state index is 3.40. The Bertz CT molecular complexity index is 248. The maximum atomic E-state index is 3.40. The van der Waals surface area contributed by atoms with Crippen LogP contribution in [0.15, 0.2) is 12.2 Å². The zero-order chi connectivity index (χ0) is 12.8. The van der Waals surface area contributed by atoms with Crippen LogP contribution >= 0.6 is 0 Å². The molecule has 104 valence electrons. The average molecular weight is 251 g/mol. The van der Waals surface area contributed by atoms with Gasteiger partial charge in [-0.25, -0.2) is 0 Å². The van der Waals surface area contributed by atoms with Crippen molar-refractivity contribution in [3.8, 4) is 0 Å². The Morgan fingerprint density at radius 2 is 1.78 bits per heavy atom. The van der Waals surface area contributed by atoms with Crippen LogP contribution in [0.3, 0.4) is 0 Å². The number of piperidine rings is 1. The first-order valence-corrected chi connectivity index (χ1v) is 7.59. The summed E-state index contributed by atoms with van der Waals surface area (Å²) in [5.74, 6) is 0.822. The highest BCUT2D eigenvalue weighted by molar-refractivity contribution is 4.93. The summed E-state index contributed by atoms with van der Waals surface area (Å²) in [5.41, 5.74) is 0. The van der Waals surface area contributed by atoms with E-state index in [1.807, 2.05) is 0 Å². The first-order chi connectivity index (χ1) is 8.75. The van der Waals surface area contributed by atoms with Gasteiger partial charge < -0.3 is 10.2 Å². The summed E-state index contributed by atoms with van der Waals surface area (Å²) < 4.78 is 0. The highest BCUT2D eigenvalue weighted by atomic mass is 15.2. The zero-order valence-electron chi connectivity index (χ0n) is 12.1. The van der Waals surface area contributed by atoms with Gasteiger partial charge in [0.25, 0.3) is 0 Å². The molecule has 2 saturated heterocycles. The van der Waals surface area contributed by atoms with E-state index in [9.17, 15) is 0 Å². The molecule has 0 saturated carbocycles. The van der Waals surface area contributed by atoms with Crippen molar-refractivity contribution in [3.05, 3.63) is 12.2 Å². The quantitative estimate of drug-likeness (QED) is 0.765. The minimum atomic E-state index is 0.718. The molecule has 2 aliphatic rings. The van der Waals surface area contributed by atoms with E-state index in [0.29, 0.717) is 0 Å². The Labute approximate surface area is 112 Å². The third-order valence-electron chi connectivity index (χ3n) is 4.29. The van der Waals surface area contributed by atoms with E-state index in [1.54, 1.807) is 0 Å². The van der Waals surface area contributed by atoms with Crippen LogP contribution in [-0.2, 0) is 0 Å². The van der Waals surface area contributed by atoms with Crippen LogP contribution in [-0.4, -0.2) is 61.7 Å². The number of rotatable bonds is 4. The minimum Gasteiger partial charge on any atom is -0.314 e. The fourth-order valence-electron chi connectivity index (χ4n) is 2.92. The van der Waals surface area contributed by atoms with Crippen molar-refractivity contribution in [3.63, 3.8) is 0 Å². The van der Waals surface area contributed by atoms with E-state index in [4.69, 9.17) is 0 Å². The molecule has 0 unspecified atom stereocenters. The van der Waals surface area contributed by atoms with Crippen LogP contribution in [0.5, 0.6) is 0 Å². The predicted molar refractivity (Wildman–Crippen MR) is 77.9 cm³/mol. The molecule has 0 aromatic carbocycles. The summed E-state index contributed by atoms with van der Waals surface area (Å²) in [5, 5.41) is 3.40. The lowest BCUT2D eigenvalue weighted by Gasteiger charge is -2.33. The highest BCUT2D eigenvalue weighted by Gasteiger charge is 2.18. The van der Waals surface area contributed by atoms with E-state index >= 15 is 0 Å². The molecule has 0 aliphatic carbocycles. The summed E-state index contributed by atoms with van der Waals surface area (Å²) in [6.07, 6.45) is 7.56. The van der Waals surface area contributed by atoms with Crippen molar-refractivity contribution < 1.29 is 0 Å². The zero-order valence-corrected chi connectivity index (χ0v) is 12.1. The SMILES string of the molecule is CC(C)N1CCC(/C=C\CN2CCNCC2)CC1. The Morgan fingerprint density at radius 1 is 1.11 bits per heavy atom. The van der Waals surface area contributed by atoms with Gasteiger partial charge in [-0.2, -0.15) is 0 Å². The summed E-state index contributed by atoms with van der Waals surface area (Å²) in [6.45, 7) is 13.0. The van der Waals surface area contributed by atoms with Gasteiger partial charge in [0, 0.05) is 38.8 Å². The van der Waals surface area contributed by atoms with Gasteiger partial charge in [0.05, 0.1) is 0 Å². The Hall–Kier alpha value is -0.380. The fourth-order valence-corrected chi connectivity index (χ4v) is 2.92. The first-order valence-electron chi connectivity index (χ1n) is 7.59. The standard InChI is InChI=1S/C15H29N3/c1-14(2)18-10-5-15(6-11-18)4-3-9-17-12-7-16-8-13-17/h3-4,14-16H,5-13H2,1-2H3/b4-3-. The average Bonchev–Trinajstić information content (AvgIpc) is 2.40. The fraction of sp³-hybridized carbons (Fsp3) is 0.867. The van der Waals surface area contributed by atoms with E-state index in [0.717, 1.165) is 31.6 Å². The van der Waals surface area contributed by atoms with Crippen molar-refractivity contribution in [2.45, 2.75) is 32.7 Å². The van der Waals surface area contributed by atoms with Crippen molar-refractivity contribution in [2.24, 2.45) is 5.92 Å². The van der Waals surface area contributed by atoms with Gasteiger partial charge in [-0.05, 0) is 45.7 Å². The molecule has 0 aromatic heterocycles. The maximum Gasteiger partial charge on any atom is 0.0164 e. The summed E-state index contributed by atoms with van der Waals surface area (Å²) in [4.78, 5) is 5.14. The normalized spacial score (nSPS) is 25.3. The Balaban J connectivity index is 1.64. The molecule has 2 aliphatic heterocycles. The number of piperazine rings is 1. The molecule has 1 N–H and O–H groups in total. The van der Waals surface area contributed by atoms with Crippen LogP contribution in [0.1, 0.15) is 26.7 Å². The van der Waals surface area contributed by atoms with E-state index < -0.39 is 0 Å².